The van der Waals surface area contributed by atoms with Gasteiger partial charge in [0.15, 0.2) is 0 Å². The van der Waals surface area contributed by atoms with Gasteiger partial charge in [0.2, 0.25) is 0 Å². The number of aliphatic hydroxyl groups is 1. The smallest absolute Gasteiger partial charge is 0.117 e. The molecule has 2 heterocycles. The zero-order chi connectivity index (χ0) is 11.0. The van der Waals surface area contributed by atoms with Crippen molar-refractivity contribution in [2.45, 2.75) is 13.0 Å². The van der Waals surface area contributed by atoms with Crippen molar-refractivity contribution in [3.8, 4) is 0 Å². The summed E-state index contributed by atoms with van der Waals surface area (Å²) >= 11 is 10.6. The van der Waals surface area contributed by atoms with Gasteiger partial charge in [-0.25, -0.2) is 0 Å². The first-order valence-corrected chi connectivity index (χ1v) is 6.25. The third kappa shape index (κ3) is 2.13. The van der Waals surface area contributed by atoms with E-state index in [1.54, 1.807) is 12.3 Å². The summed E-state index contributed by atoms with van der Waals surface area (Å²) in [6, 6.07) is 3.59. The minimum atomic E-state index is -0.669. The first kappa shape index (κ1) is 11.2. The van der Waals surface area contributed by atoms with E-state index in [1.807, 2.05) is 13.0 Å². The van der Waals surface area contributed by atoms with Crippen molar-refractivity contribution < 1.29 is 9.52 Å². The van der Waals surface area contributed by atoms with Crippen molar-refractivity contribution in [2.24, 2.45) is 0 Å². The summed E-state index contributed by atoms with van der Waals surface area (Å²) in [5.41, 5.74) is 0.778. The summed E-state index contributed by atoms with van der Waals surface area (Å²) in [5.74, 6) is 0.725. The highest BCUT2D eigenvalue weighted by molar-refractivity contribution is 9.10. The fourth-order valence-corrected chi connectivity index (χ4v) is 3.07. The normalized spacial score (nSPS) is 13.1. The summed E-state index contributed by atoms with van der Waals surface area (Å²) in [6.07, 6.45) is 0.899. The van der Waals surface area contributed by atoms with Crippen molar-refractivity contribution in [3.63, 3.8) is 0 Å². The fourth-order valence-electron chi connectivity index (χ4n) is 1.33. The van der Waals surface area contributed by atoms with E-state index in [4.69, 9.17) is 16.0 Å². The second-order valence-electron chi connectivity index (χ2n) is 3.11. The molecule has 1 atom stereocenters. The van der Waals surface area contributed by atoms with E-state index in [1.165, 1.54) is 11.3 Å². The summed E-state index contributed by atoms with van der Waals surface area (Å²) in [5, 5.41) is 10.1. The molecule has 0 amide bonds. The van der Waals surface area contributed by atoms with Gasteiger partial charge in [0.25, 0.3) is 0 Å². The molecule has 2 aromatic heterocycles. The fraction of sp³-hybridized carbons (Fsp3) is 0.200. The van der Waals surface area contributed by atoms with Crippen molar-refractivity contribution in [1.82, 2.24) is 0 Å². The van der Waals surface area contributed by atoms with Crippen LogP contribution in [0.4, 0.5) is 0 Å². The molecule has 1 unspecified atom stereocenters. The number of halogens is 2. The van der Waals surface area contributed by atoms with E-state index in [0.29, 0.717) is 4.34 Å². The lowest BCUT2D eigenvalue weighted by Crippen LogP contribution is -1.96. The number of hydrogen-bond acceptors (Lipinski definition) is 3. The molecule has 0 saturated heterocycles. The van der Waals surface area contributed by atoms with Crippen LogP contribution in [0.1, 0.15) is 22.3 Å². The molecule has 80 valence electrons. The van der Waals surface area contributed by atoms with Crippen LogP contribution in [0.15, 0.2) is 27.3 Å². The summed E-state index contributed by atoms with van der Waals surface area (Å²) in [6.45, 7) is 1.82. The Morgan fingerprint density at radius 2 is 2.33 bits per heavy atom. The SMILES string of the molecule is Cc1occc1C(O)c1cc(Br)c(Cl)s1. The van der Waals surface area contributed by atoms with Gasteiger partial charge in [-0.1, -0.05) is 11.6 Å². The molecule has 0 saturated carbocycles. The summed E-state index contributed by atoms with van der Waals surface area (Å²) in [4.78, 5) is 0.802. The predicted molar refractivity (Wildman–Crippen MR) is 64.5 cm³/mol. The van der Waals surface area contributed by atoms with Crippen molar-refractivity contribution in [3.05, 3.63) is 43.4 Å². The van der Waals surface area contributed by atoms with Crippen LogP contribution in [-0.4, -0.2) is 5.11 Å². The topological polar surface area (TPSA) is 33.4 Å². The average Bonchev–Trinajstić information content (AvgIpc) is 2.74. The maximum Gasteiger partial charge on any atom is 0.117 e. The third-order valence-electron chi connectivity index (χ3n) is 2.13. The molecule has 2 nitrogen and oxygen atoms in total. The van der Waals surface area contributed by atoms with Gasteiger partial charge in [0.1, 0.15) is 16.2 Å². The maximum atomic E-state index is 10.1. The molecule has 0 aliphatic rings. The van der Waals surface area contributed by atoms with Crippen LogP contribution in [-0.2, 0) is 0 Å². The largest absolute Gasteiger partial charge is 0.469 e. The highest BCUT2D eigenvalue weighted by Crippen LogP contribution is 2.38. The van der Waals surface area contributed by atoms with Gasteiger partial charge in [-0.2, -0.15) is 0 Å². The molecule has 1 N–H and O–H groups in total. The van der Waals surface area contributed by atoms with E-state index in [-0.39, 0.29) is 0 Å². The van der Waals surface area contributed by atoms with Gasteiger partial charge in [-0.3, -0.25) is 0 Å². The average molecular weight is 308 g/mol. The second-order valence-corrected chi connectivity index (χ2v) is 5.65. The minimum absolute atomic E-state index is 0.644. The highest BCUT2D eigenvalue weighted by Gasteiger charge is 2.18. The van der Waals surface area contributed by atoms with Gasteiger partial charge in [0.05, 0.1) is 6.26 Å². The molecule has 2 aromatic rings. The molecule has 15 heavy (non-hydrogen) atoms. The number of aliphatic hydroxyl groups excluding tert-OH is 1. The van der Waals surface area contributed by atoms with Crippen LogP contribution in [0.5, 0.6) is 0 Å². The zero-order valence-corrected chi connectivity index (χ0v) is 11.0. The van der Waals surface area contributed by atoms with Gasteiger partial charge >= 0.3 is 0 Å². The Morgan fingerprint density at radius 3 is 2.80 bits per heavy atom. The van der Waals surface area contributed by atoms with Crippen LogP contribution in [0.2, 0.25) is 4.34 Å². The summed E-state index contributed by atoms with van der Waals surface area (Å²) in [7, 11) is 0. The van der Waals surface area contributed by atoms with Crippen LogP contribution >= 0.6 is 38.9 Å². The molecule has 0 spiro atoms. The molecule has 0 bridgehead atoms. The lowest BCUT2D eigenvalue weighted by atomic mass is 10.1. The Kier molecular flexibility index (Phi) is 3.21. The Bertz CT molecular complexity index is 458. The molecular weight excluding hydrogens is 300 g/mol. The minimum Gasteiger partial charge on any atom is -0.469 e. The van der Waals surface area contributed by atoms with Gasteiger partial charge < -0.3 is 9.52 Å². The van der Waals surface area contributed by atoms with E-state index in [0.717, 1.165) is 20.7 Å². The Balaban J connectivity index is 2.36. The molecule has 5 heteroatoms. The number of aryl methyl sites for hydroxylation is 1. The number of thiophene rings is 1. The van der Waals surface area contributed by atoms with Crippen LogP contribution < -0.4 is 0 Å². The predicted octanol–water partition coefficient (Wildman–Crippen LogP) is 4.15. The van der Waals surface area contributed by atoms with E-state index in [9.17, 15) is 5.11 Å². The molecule has 0 aromatic carbocycles. The monoisotopic (exact) mass is 306 g/mol. The highest BCUT2D eigenvalue weighted by atomic mass is 79.9. The first-order valence-electron chi connectivity index (χ1n) is 4.26. The Labute approximate surface area is 105 Å². The van der Waals surface area contributed by atoms with Gasteiger partial charge in [-0.15, -0.1) is 11.3 Å². The van der Waals surface area contributed by atoms with Crippen LogP contribution in [0.3, 0.4) is 0 Å². The third-order valence-corrected chi connectivity index (χ3v) is 4.65. The van der Waals surface area contributed by atoms with Crippen molar-refractivity contribution in [1.29, 1.82) is 0 Å². The van der Waals surface area contributed by atoms with Crippen LogP contribution in [0, 0.1) is 6.92 Å². The molecule has 0 radical (unpaired) electrons. The van der Waals surface area contributed by atoms with E-state index < -0.39 is 6.10 Å². The first-order chi connectivity index (χ1) is 7.09. The number of hydrogen-bond donors (Lipinski definition) is 1. The lowest BCUT2D eigenvalue weighted by molar-refractivity contribution is 0.222. The van der Waals surface area contributed by atoms with Crippen molar-refractivity contribution >= 4 is 38.9 Å². The Hall–Kier alpha value is -0.290. The van der Waals surface area contributed by atoms with Crippen molar-refractivity contribution in [2.75, 3.05) is 0 Å². The summed E-state index contributed by atoms with van der Waals surface area (Å²) < 4.78 is 6.60. The molecule has 0 aliphatic heterocycles. The van der Waals surface area contributed by atoms with E-state index >= 15 is 0 Å². The standard InChI is InChI=1S/C10H8BrClO2S/c1-5-6(2-3-14-5)9(13)8-4-7(11)10(12)15-8/h2-4,9,13H,1H3. The quantitative estimate of drug-likeness (QED) is 0.904. The molecule has 2 rings (SSSR count). The molecular formula is C10H8BrClO2S. The van der Waals surface area contributed by atoms with Gasteiger partial charge in [-0.05, 0) is 35.0 Å². The van der Waals surface area contributed by atoms with E-state index in [2.05, 4.69) is 15.9 Å². The maximum absolute atomic E-state index is 10.1. The molecule has 0 fully saturated rings. The lowest BCUT2D eigenvalue weighted by Gasteiger charge is -2.06. The second kappa shape index (κ2) is 4.29. The molecule has 0 aliphatic carbocycles. The van der Waals surface area contributed by atoms with Crippen LogP contribution in [0.25, 0.3) is 0 Å². The number of rotatable bonds is 2. The zero-order valence-electron chi connectivity index (χ0n) is 7.83. The van der Waals surface area contributed by atoms with Gasteiger partial charge in [0, 0.05) is 14.9 Å². The Morgan fingerprint density at radius 1 is 1.60 bits per heavy atom. The number of furan rings is 1.